The van der Waals surface area contributed by atoms with Crippen molar-refractivity contribution in [3.8, 4) is 5.75 Å². The predicted molar refractivity (Wildman–Crippen MR) is 80.2 cm³/mol. The van der Waals surface area contributed by atoms with E-state index in [-0.39, 0.29) is 18.0 Å². The lowest BCUT2D eigenvalue weighted by atomic mass is 10.3. The normalized spacial score (nSPS) is 11.6. The van der Waals surface area contributed by atoms with Crippen LogP contribution < -0.4 is 9.46 Å². The van der Waals surface area contributed by atoms with Crippen molar-refractivity contribution in [1.82, 2.24) is 14.9 Å². The number of H-pyrrole nitrogens is 1. The monoisotopic (exact) mass is 329 g/mol. The molecule has 2 aromatic rings. The van der Waals surface area contributed by atoms with Gasteiger partial charge < -0.3 is 4.74 Å². The average molecular weight is 330 g/mol. The minimum atomic E-state index is -3.58. The number of aryl methyl sites for hydroxylation is 2. The SMILES string of the molecule is Cc1n[nH]c(C)c1S(=O)(=O)NCCOc1ccc(Cl)cc1. The molecule has 21 heavy (non-hydrogen) atoms. The molecule has 2 rings (SSSR count). The first-order valence-corrected chi connectivity index (χ1v) is 8.16. The summed E-state index contributed by atoms with van der Waals surface area (Å²) in [6, 6.07) is 6.86. The zero-order valence-electron chi connectivity index (χ0n) is 11.7. The van der Waals surface area contributed by atoms with Crippen LogP contribution in [0.4, 0.5) is 0 Å². The number of nitrogens with zero attached hydrogens (tertiary/aromatic N) is 1. The van der Waals surface area contributed by atoms with E-state index in [9.17, 15) is 8.42 Å². The van der Waals surface area contributed by atoms with Gasteiger partial charge in [0.05, 0.1) is 11.4 Å². The van der Waals surface area contributed by atoms with Gasteiger partial charge in [-0.2, -0.15) is 5.10 Å². The summed E-state index contributed by atoms with van der Waals surface area (Å²) in [7, 11) is -3.58. The second kappa shape index (κ2) is 6.46. The summed E-state index contributed by atoms with van der Waals surface area (Å²) in [4.78, 5) is 0.189. The maximum Gasteiger partial charge on any atom is 0.244 e. The number of aromatic amines is 1. The molecule has 0 spiro atoms. The smallest absolute Gasteiger partial charge is 0.244 e. The minimum Gasteiger partial charge on any atom is -0.492 e. The molecule has 1 aromatic carbocycles. The van der Waals surface area contributed by atoms with E-state index < -0.39 is 10.0 Å². The third-order valence-electron chi connectivity index (χ3n) is 2.81. The Hall–Kier alpha value is -1.57. The van der Waals surface area contributed by atoms with E-state index in [1.807, 2.05) is 0 Å². The number of nitrogens with one attached hydrogen (secondary N) is 2. The molecule has 0 radical (unpaired) electrons. The molecule has 114 valence electrons. The lowest BCUT2D eigenvalue weighted by Crippen LogP contribution is -2.29. The molecule has 0 saturated heterocycles. The molecule has 1 heterocycles. The standard InChI is InChI=1S/C13H16ClN3O3S/c1-9-13(10(2)17-16-9)21(18,19)15-7-8-20-12-5-3-11(14)4-6-12/h3-6,15H,7-8H2,1-2H3,(H,16,17). The lowest BCUT2D eigenvalue weighted by Gasteiger charge is -2.08. The zero-order chi connectivity index (χ0) is 15.5. The summed E-state index contributed by atoms with van der Waals surface area (Å²) in [5.74, 6) is 0.634. The summed E-state index contributed by atoms with van der Waals surface area (Å²) in [5.41, 5.74) is 0.956. The molecule has 0 amide bonds. The molecule has 0 aliphatic heterocycles. The van der Waals surface area contributed by atoms with Crippen LogP contribution in [0.2, 0.25) is 5.02 Å². The summed E-state index contributed by atoms with van der Waals surface area (Å²) in [5, 5.41) is 7.15. The van der Waals surface area contributed by atoms with E-state index in [0.29, 0.717) is 22.2 Å². The van der Waals surface area contributed by atoms with Crippen LogP contribution in [0.25, 0.3) is 0 Å². The third-order valence-corrected chi connectivity index (χ3v) is 4.78. The second-order valence-corrected chi connectivity index (χ2v) is 6.60. The van der Waals surface area contributed by atoms with Crippen molar-refractivity contribution in [2.24, 2.45) is 0 Å². The highest BCUT2D eigenvalue weighted by Gasteiger charge is 2.21. The quantitative estimate of drug-likeness (QED) is 0.794. The molecule has 0 unspecified atom stereocenters. The van der Waals surface area contributed by atoms with Gasteiger partial charge in [-0.1, -0.05) is 11.6 Å². The second-order valence-electron chi connectivity index (χ2n) is 4.46. The number of rotatable bonds is 6. The Labute approximate surface area is 128 Å². The molecule has 0 saturated carbocycles. The van der Waals surface area contributed by atoms with Crippen LogP contribution in [0.15, 0.2) is 29.2 Å². The number of sulfonamides is 1. The van der Waals surface area contributed by atoms with E-state index in [1.54, 1.807) is 38.1 Å². The molecule has 0 atom stereocenters. The van der Waals surface area contributed by atoms with E-state index in [1.165, 1.54) is 0 Å². The highest BCUT2D eigenvalue weighted by molar-refractivity contribution is 7.89. The van der Waals surface area contributed by atoms with Crippen LogP contribution in [-0.2, 0) is 10.0 Å². The Morgan fingerprint density at radius 2 is 1.95 bits per heavy atom. The maximum absolute atomic E-state index is 12.1. The Bertz CT molecular complexity index is 691. The van der Waals surface area contributed by atoms with Crippen molar-refractivity contribution in [3.63, 3.8) is 0 Å². The van der Waals surface area contributed by atoms with Gasteiger partial charge in [-0.15, -0.1) is 0 Å². The van der Waals surface area contributed by atoms with Gasteiger partial charge in [0.25, 0.3) is 0 Å². The number of aromatic nitrogens is 2. The fourth-order valence-corrected chi connectivity index (χ4v) is 3.39. The number of ether oxygens (including phenoxy) is 1. The molecule has 8 heteroatoms. The molecular formula is C13H16ClN3O3S. The van der Waals surface area contributed by atoms with Gasteiger partial charge in [-0.25, -0.2) is 13.1 Å². The van der Waals surface area contributed by atoms with Crippen LogP contribution in [-0.4, -0.2) is 31.8 Å². The van der Waals surface area contributed by atoms with Crippen LogP contribution >= 0.6 is 11.6 Å². The predicted octanol–water partition coefficient (Wildman–Crippen LogP) is 2.04. The first-order valence-electron chi connectivity index (χ1n) is 6.30. The highest BCUT2D eigenvalue weighted by atomic mass is 35.5. The largest absolute Gasteiger partial charge is 0.492 e. The van der Waals surface area contributed by atoms with Gasteiger partial charge in [-0.3, -0.25) is 5.10 Å². The highest BCUT2D eigenvalue weighted by Crippen LogP contribution is 2.17. The first-order chi connectivity index (χ1) is 9.90. The number of benzene rings is 1. The molecule has 0 fully saturated rings. The molecule has 6 nitrogen and oxygen atoms in total. The fraction of sp³-hybridized carbons (Fsp3) is 0.308. The average Bonchev–Trinajstić information content (AvgIpc) is 2.77. The maximum atomic E-state index is 12.1. The van der Waals surface area contributed by atoms with Gasteiger partial charge in [0.15, 0.2) is 0 Å². The van der Waals surface area contributed by atoms with Gasteiger partial charge in [0.2, 0.25) is 10.0 Å². The van der Waals surface area contributed by atoms with E-state index in [4.69, 9.17) is 16.3 Å². The third kappa shape index (κ3) is 3.96. The number of halogens is 1. The first kappa shape index (κ1) is 15.8. The van der Waals surface area contributed by atoms with Crippen molar-refractivity contribution in [2.45, 2.75) is 18.7 Å². The Morgan fingerprint density at radius 3 is 2.52 bits per heavy atom. The Morgan fingerprint density at radius 1 is 1.29 bits per heavy atom. The topological polar surface area (TPSA) is 84.1 Å². The number of hydrogen-bond acceptors (Lipinski definition) is 4. The molecule has 0 aliphatic rings. The minimum absolute atomic E-state index is 0.162. The van der Waals surface area contributed by atoms with Gasteiger partial charge in [-0.05, 0) is 38.1 Å². The Balaban J connectivity index is 1.90. The van der Waals surface area contributed by atoms with Crippen molar-refractivity contribution in [3.05, 3.63) is 40.7 Å². The van der Waals surface area contributed by atoms with Crippen LogP contribution in [0.5, 0.6) is 5.75 Å². The van der Waals surface area contributed by atoms with Gasteiger partial charge in [0, 0.05) is 11.6 Å². The van der Waals surface area contributed by atoms with Gasteiger partial charge in [0.1, 0.15) is 17.3 Å². The number of hydrogen-bond donors (Lipinski definition) is 2. The molecule has 0 bridgehead atoms. The van der Waals surface area contributed by atoms with E-state index in [2.05, 4.69) is 14.9 Å². The van der Waals surface area contributed by atoms with Crippen molar-refractivity contribution in [1.29, 1.82) is 0 Å². The lowest BCUT2D eigenvalue weighted by molar-refractivity contribution is 0.323. The summed E-state index contributed by atoms with van der Waals surface area (Å²) in [6.07, 6.45) is 0. The van der Waals surface area contributed by atoms with E-state index in [0.717, 1.165) is 0 Å². The molecular weight excluding hydrogens is 314 g/mol. The van der Waals surface area contributed by atoms with Crippen molar-refractivity contribution in [2.75, 3.05) is 13.2 Å². The molecule has 1 aromatic heterocycles. The molecule has 2 N–H and O–H groups in total. The van der Waals surface area contributed by atoms with Crippen LogP contribution in [0.1, 0.15) is 11.4 Å². The van der Waals surface area contributed by atoms with E-state index >= 15 is 0 Å². The van der Waals surface area contributed by atoms with Crippen LogP contribution in [0.3, 0.4) is 0 Å². The fourth-order valence-electron chi connectivity index (χ4n) is 1.88. The molecule has 0 aliphatic carbocycles. The van der Waals surface area contributed by atoms with Crippen molar-refractivity contribution < 1.29 is 13.2 Å². The summed E-state index contributed by atoms with van der Waals surface area (Å²) in [6.45, 7) is 3.69. The zero-order valence-corrected chi connectivity index (χ0v) is 13.3. The Kier molecular flexibility index (Phi) is 4.87. The van der Waals surface area contributed by atoms with Crippen LogP contribution in [0, 0.1) is 13.8 Å². The van der Waals surface area contributed by atoms with Crippen molar-refractivity contribution >= 4 is 21.6 Å². The summed E-state index contributed by atoms with van der Waals surface area (Å²) < 4.78 is 32.2. The van der Waals surface area contributed by atoms with Gasteiger partial charge >= 0.3 is 0 Å². The summed E-state index contributed by atoms with van der Waals surface area (Å²) >= 11 is 5.76.